The third-order valence-electron chi connectivity index (χ3n) is 3.84. The third-order valence-corrected chi connectivity index (χ3v) is 4.03. The zero-order valence-corrected chi connectivity index (χ0v) is 15.0. The molecule has 0 aliphatic carbocycles. The molecule has 0 aliphatic rings. The van der Waals surface area contributed by atoms with Gasteiger partial charge in [-0.1, -0.05) is 31.5 Å². The topological polar surface area (TPSA) is 58.4 Å². The van der Waals surface area contributed by atoms with E-state index in [1.54, 1.807) is 16.8 Å². The van der Waals surface area contributed by atoms with Crippen LogP contribution < -0.4 is 10.2 Å². The lowest BCUT2D eigenvalue weighted by atomic mass is 10.1. The van der Waals surface area contributed by atoms with Crippen LogP contribution in [0.15, 0.2) is 30.6 Å². The van der Waals surface area contributed by atoms with Crippen LogP contribution in [0.5, 0.6) is 0 Å². The molecule has 126 valence electrons. The van der Waals surface area contributed by atoms with Gasteiger partial charge in [-0.2, -0.15) is 9.61 Å². The monoisotopic (exact) mass is 344 g/mol. The third kappa shape index (κ3) is 3.14. The van der Waals surface area contributed by atoms with Crippen molar-refractivity contribution in [3.05, 3.63) is 46.9 Å². The molecular formula is C17H21ClN6. The molecular weight excluding hydrogens is 324 g/mol. The number of pyridine rings is 1. The Labute approximate surface area is 146 Å². The second-order valence-electron chi connectivity index (χ2n) is 6.19. The number of anilines is 2. The fraction of sp³-hybridized carbons (Fsp3) is 0.353. The van der Waals surface area contributed by atoms with Crippen LogP contribution in [0.3, 0.4) is 0 Å². The number of nitrogens with zero attached hydrogens (tertiary/aromatic N) is 5. The Balaban J connectivity index is 1.94. The van der Waals surface area contributed by atoms with Crippen LogP contribution >= 0.6 is 11.6 Å². The standard InChI is InChI=1S/C17H21ClN6/c1-11(2)13-10-21-24-15(8-14(18)22-17(13)24)20-9-12-6-5-7-19-16(12)23(3)4/h5-8,10-11,20H,9H2,1-4H3. The van der Waals surface area contributed by atoms with Gasteiger partial charge in [-0.25, -0.2) is 9.97 Å². The molecule has 0 aromatic carbocycles. The van der Waals surface area contributed by atoms with E-state index in [-0.39, 0.29) is 0 Å². The SMILES string of the molecule is CC(C)c1cnn2c(NCc3cccnc3N(C)C)cc(Cl)nc12. The lowest BCUT2D eigenvalue weighted by Crippen LogP contribution is -2.15. The first kappa shape index (κ1) is 16.5. The predicted molar refractivity (Wildman–Crippen MR) is 98.0 cm³/mol. The number of fused-ring (bicyclic) bond motifs is 1. The van der Waals surface area contributed by atoms with Crippen LogP contribution in [0.1, 0.15) is 30.9 Å². The lowest BCUT2D eigenvalue weighted by molar-refractivity contribution is 0.871. The van der Waals surface area contributed by atoms with Crippen LogP contribution in [0, 0.1) is 0 Å². The summed E-state index contributed by atoms with van der Waals surface area (Å²) in [5.41, 5.74) is 2.97. The van der Waals surface area contributed by atoms with Crippen molar-refractivity contribution >= 4 is 28.9 Å². The molecule has 3 aromatic rings. The van der Waals surface area contributed by atoms with E-state index in [0.717, 1.165) is 28.4 Å². The summed E-state index contributed by atoms with van der Waals surface area (Å²) in [6.07, 6.45) is 3.65. The average molecular weight is 345 g/mol. The quantitative estimate of drug-likeness (QED) is 0.717. The smallest absolute Gasteiger partial charge is 0.162 e. The predicted octanol–water partition coefficient (Wildman–Crippen LogP) is 3.58. The van der Waals surface area contributed by atoms with Gasteiger partial charge in [0.15, 0.2) is 5.65 Å². The molecule has 1 N–H and O–H groups in total. The molecule has 3 heterocycles. The van der Waals surface area contributed by atoms with Crippen molar-refractivity contribution < 1.29 is 0 Å². The number of rotatable bonds is 5. The van der Waals surface area contributed by atoms with Gasteiger partial charge in [-0.15, -0.1) is 0 Å². The zero-order chi connectivity index (χ0) is 17.3. The number of halogens is 1. The summed E-state index contributed by atoms with van der Waals surface area (Å²) in [5, 5.41) is 8.31. The second kappa shape index (κ2) is 6.65. The van der Waals surface area contributed by atoms with E-state index in [1.165, 1.54) is 0 Å². The van der Waals surface area contributed by atoms with Crippen LogP contribution in [-0.4, -0.2) is 33.7 Å². The molecule has 7 heteroatoms. The lowest BCUT2D eigenvalue weighted by Gasteiger charge is -2.17. The first-order valence-corrected chi connectivity index (χ1v) is 8.24. The van der Waals surface area contributed by atoms with Gasteiger partial charge < -0.3 is 10.2 Å². The van der Waals surface area contributed by atoms with Gasteiger partial charge in [-0.3, -0.25) is 0 Å². The van der Waals surface area contributed by atoms with Crippen LogP contribution in [0.4, 0.5) is 11.6 Å². The van der Waals surface area contributed by atoms with Crippen LogP contribution in [-0.2, 0) is 6.54 Å². The first-order chi connectivity index (χ1) is 11.5. The summed E-state index contributed by atoms with van der Waals surface area (Å²) in [6, 6.07) is 5.78. The van der Waals surface area contributed by atoms with Gasteiger partial charge in [0, 0.05) is 44.0 Å². The van der Waals surface area contributed by atoms with E-state index < -0.39 is 0 Å². The molecule has 3 aromatic heterocycles. The second-order valence-corrected chi connectivity index (χ2v) is 6.58. The minimum Gasteiger partial charge on any atom is -0.366 e. The van der Waals surface area contributed by atoms with E-state index in [0.29, 0.717) is 17.6 Å². The minimum atomic E-state index is 0.333. The highest BCUT2D eigenvalue weighted by atomic mass is 35.5. The fourth-order valence-electron chi connectivity index (χ4n) is 2.64. The molecule has 0 radical (unpaired) electrons. The summed E-state index contributed by atoms with van der Waals surface area (Å²) in [6.45, 7) is 4.85. The normalized spacial score (nSPS) is 11.2. The van der Waals surface area contributed by atoms with Crippen molar-refractivity contribution in [1.29, 1.82) is 0 Å². The molecule has 0 saturated heterocycles. The summed E-state index contributed by atoms with van der Waals surface area (Å²) in [5.74, 6) is 2.08. The Kier molecular flexibility index (Phi) is 4.57. The van der Waals surface area contributed by atoms with Gasteiger partial charge in [0.25, 0.3) is 0 Å². The van der Waals surface area contributed by atoms with Gasteiger partial charge in [-0.05, 0) is 12.0 Å². The fourth-order valence-corrected chi connectivity index (χ4v) is 2.82. The summed E-state index contributed by atoms with van der Waals surface area (Å²) >= 11 is 6.21. The molecule has 0 saturated carbocycles. The highest BCUT2D eigenvalue weighted by molar-refractivity contribution is 6.29. The molecule has 0 spiro atoms. The number of nitrogens with one attached hydrogen (secondary N) is 1. The largest absolute Gasteiger partial charge is 0.366 e. The highest BCUT2D eigenvalue weighted by Crippen LogP contribution is 2.24. The van der Waals surface area contributed by atoms with Crippen molar-refractivity contribution in [3.8, 4) is 0 Å². The number of hydrogen-bond donors (Lipinski definition) is 1. The molecule has 0 unspecified atom stereocenters. The maximum absolute atomic E-state index is 6.21. The Bertz CT molecular complexity index is 855. The average Bonchev–Trinajstić information content (AvgIpc) is 2.96. The van der Waals surface area contributed by atoms with E-state index in [2.05, 4.69) is 40.3 Å². The Hall–Kier alpha value is -2.34. The van der Waals surface area contributed by atoms with Crippen molar-refractivity contribution in [1.82, 2.24) is 19.6 Å². The summed E-state index contributed by atoms with van der Waals surface area (Å²) in [4.78, 5) is 10.8. The van der Waals surface area contributed by atoms with E-state index in [1.807, 2.05) is 31.3 Å². The van der Waals surface area contributed by atoms with Crippen molar-refractivity contribution in [3.63, 3.8) is 0 Å². The molecule has 0 aliphatic heterocycles. The Morgan fingerprint density at radius 3 is 2.83 bits per heavy atom. The molecule has 24 heavy (non-hydrogen) atoms. The van der Waals surface area contributed by atoms with E-state index in [9.17, 15) is 0 Å². The van der Waals surface area contributed by atoms with Gasteiger partial charge >= 0.3 is 0 Å². The van der Waals surface area contributed by atoms with E-state index >= 15 is 0 Å². The molecule has 6 nitrogen and oxygen atoms in total. The Morgan fingerprint density at radius 2 is 2.12 bits per heavy atom. The highest BCUT2D eigenvalue weighted by Gasteiger charge is 2.14. The summed E-state index contributed by atoms with van der Waals surface area (Å²) in [7, 11) is 3.96. The van der Waals surface area contributed by atoms with Crippen LogP contribution in [0.2, 0.25) is 5.15 Å². The van der Waals surface area contributed by atoms with Crippen molar-refractivity contribution in [2.75, 3.05) is 24.3 Å². The van der Waals surface area contributed by atoms with Crippen molar-refractivity contribution in [2.45, 2.75) is 26.3 Å². The molecule has 0 atom stereocenters. The Morgan fingerprint density at radius 1 is 1.33 bits per heavy atom. The summed E-state index contributed by atoms with van der Waals surface area (Å²) < 4.78 is 1.80. The van der Waals surface area contributed by atoms with Crippen LogP contribution in [0.25, 0.3) is 5.65 Å². The van der Waals surface area contributed by atoms with Gasteiger partial charge in [0.1, 0.15) is 16.8 Å². The molecule has 3 rings (SSSR count). The molecule has 0 fully saturated rings. The van der Waals surface area contributed by atoms with Gasteiger partial charge in [0.2, 0.25) is 0 Å². The number of aromatic nitrogens is 4. The molecule has 0 bridgehead atoms. The first-order valence-electron chi connectivity index (χ1n) is 7.86. The van der Waals surface area contributed by atoms with Crippen molar-refractivity contribution in [2.24, 2.45) is 0 Å². The van der Waals surface area contributed by atoms with E-state index in [4.69, 9.17) is 11.6 Å². The maximum Gasteiger partial charge on any atom is 0.162 e. The molecule has 0 amide bonds. The zero-order valence-electron chi connectivity index (χ0n) is 14.3. The minimum absolute atomic E-state index is 0.333. The van der Waals surface area contributed by atoms with Gasteiger partial charge in [0.05, 0.1) is 6.20 Å². The maximum atomic E-state index is 6.21. The number of hydrogen-bond acceptors (Lipinski definition) is 5.